The van der Waals surface area contributed by atoms with E-state index in [1.807, 2.05) is 30.3 Å². The van der Waals surface area contributed by atoms with Gasteiger partial charge in [-0.05, 0) is 150 Å². The van der Waals surface area contributed by atoms with Crippen molar-refractivity contribution in [2.75, 3.05) is 13.2 Å². The van der Waals surface area contributed by atoms with Crippen molar-refractivity contribution in [2.45, 2.75) is 124 Å². The van der Waals surface area contributed by atoms with Gasteiger partial charge < -0.3 is 28.6 Å². The van der Waals surface area contributed by atoms with Crippen molar-refractivity contribution in [1.82, 2.24) is 0 Å². The molecule has 0 saturated heterocycles. The lowest BCUT2D eigenvalue weighted by molar-refractivity contribution is 0.0164. The van der Waals surface area contributed by atoms with E-state index < -0.39 is 17.9 Å². The number of ether oxygens (including phenoxy) is 4. The molecule has 2 saturated carbocycles. The van der Waals surface area contributed by atoms with Crippen LogP contribution in [0.4, 0.5) is 0 Å². The van der Waals surface area contributed by atoms with E-state index in [0.717, 1.165) is 57.3 Å². The van der Waals surface area contributed by atoms with Gasteiger partial charge in [-0.2, -0.15) is 0 Å². The molecule has 404 valence electrons. The number of hydrogen-bond acceptors (Lipinski definition) is 11. The Bertz CT molecular complexity index is 2490. The minimum Gasteiger partial charge on any atom is -0.478 e. The molecule has 0 aliphatic heterocycles. The topological polar surface area (TPSA) is 169 Å². The van der Waals surface area contributed by atoms with Gasteiger partial charge in [0.05, 0.1) is 41.0 Å². The van der Waals surface area contributed by atoms with Crippen LogP contribution >= 0.6 is 8.69 Å². The lowest BCUT2D eigenvalue weighted by Gasteiger charge is -2.23. The monoisotopic (exact) mass is 1050 g/mol. The summed E-state index contributed by atoms with van der Waals surface area (Å²) in [6.07, 6.45) is 10.9. The Labute approximate surface area is 451 Å². The standard InChI is InChI=1S/C20H26O4.C17H16O4.C9H12.C7H6O2.C6H5O2P.C4H10/c21-19(23-15-9-3-1-4-10-15)17-13-7-8-14-18(17)20(22)24-16-11-5-2-6-12-16;18-16(14-8-3-1-4-9-14)20-12-7-13-21-17(19)15-10-5-2-6-11-15;1-7-4-5-8(2)9(3)6-7;8-7(9)6-4-2-1-3-5-6;7-9-8-6-4-2-1-3-5-6;1-4(2)3/h7-8,13-16H,1-6,9-12H2;1-6,8-11H,7,12-13H2;4-6H,1-3H3;1-5H,(H,8,9);1-5H;4H,1-3H3. The number of carboxylic acids is 1. The minimum absolute atomic E-state index is 0.0197. The smallest absolute Gasteiger partial charge is 0.395 e. The molecule has 8 rings (SSSR count). The van der Waals surface area contributed by atoms with Crippen LogP contribution in [0.25, 0.3) is 0 Å². The van der Waals surface area contributed by atoms with Crippen molar-refractivity contribution in [2.24, 2.45) is 5.92 Å². The Balaban J connectivity index is 0.000000262. The maximum atomic E-state index is 12.5. The van der Waals surface area contributed by atoms with Crippen molar-refractivity contribution in [1.29, 1.82) is 0 Å². The molecule has 2 aliphatic carbocycles. The molecule has 0 spiro atoms. The summed E-state index contributed by atoms with van der Waals surface area (Å²) in [5, 5.41) is 8.38. The third-order valence-corrected chi connectivity index (χ3v) is 11.6. The predicted molar refractivity (Wildman–Crippen MR) is 298 cm³/mol. The highest BCUT2D eigenvalue weighted by atomic mass is 31.1. The number of hydrogen-bond donors (Lipinski definition) is 1. The lowest BCUT2D eigenvalue weighted by Crippen LogP contribution is -2.24. The molecule has 76 heavy (non-hydrogen) atoms. The molecule has 13 heteroatoms. The summed E-state index contributed by atoms with van der Waals surface area (Å²) in [5.74, 6) is -0.976. The molecular formula is C63H75O12P. The summed E-state index contributed by atoms with van der Waals surface area (Å²) in [7, 11) is -0.305. The number of benzene rings is 6. The second-order valence-corrected chi connectivity index (χ2v) is 19.0. The summed E-state index contributed by atoms with van der Waals surface area (Å²) in [6.45, 7) is 13.3. The molecule has 6 aromatic rings. The zero-order valence-corrected chi connectivity index (χ0v) is 45.8. The van der Waals surface area contributed by atoms with Gasteiger partial charge in [0, 0.05) is 6.42 Å². The molecule has 1 N–H and O–H groups in total. The van der Waals surface area contributed by atoms with Crippen LogP contribution in [0.5, 0.6) is 5.75 Å². The van der Waals surface area contributed by atoms with Crippen LogP contribution in [0, 0.1) is 26.7 Å². The van der Waals surface area contributed by atoms with E-state index in [1.54, 1.807) is 115 Å². The van der Waals surface area contributed by atoms with Crippen molar-refractivity contribution in [3.05, 3.63) is 208 Å². The molecule has 0 unspecified atom stereocenters. The van der Waals surface area contributed by atoms with Crippen LogP contribution < -0.4 is 4.52 Å². The normalized spacial score (nSPS) is 12.7. The maximum absolute atomic E-state index is 12.5. The first-order valence-electron chi connectivity index (χ1n) is 26.0. The van der Waals surface area contributed by atoms with Gasteiger partial charge in [-0.1, -0.05) is 142 Å². The van der Waals surface area contributed by atoms with Gasteiger partial charge in [0.15, 0.2) is 0 Å². The van der Waals surface area contributed by atoms with E-state index in [1.165, 1.54) is 29.5 Å². The molecule has 6 aromatic carbocycles. The highest BCUT2D eigenvalue weighted by Crippen LogP contribution is 2.25. The van der Waals surface area contributed by atoms with Crippen molar-refractivity contribution < 1.29 is 57.1 Å². The summed E-state index contributed by atoms with van der Waals surface area (Å²) < 4.78 is 35.9. The van der Waals surface area contributed by atoms with Crippen molar-refractivity contribution in [3.8, 4) is 5.75 Å². The van der Waals surface area contributed by atoms with Crippen LogP contribution in [0.1, 0.15) is 160 Å². The van der Waals surface area contributed by atoms with Gasteiger partial charge in [0.2, 0.25) is 0 Å². The molecule has 2 aliphatic rings. The SMILES string of the molecule is CC(C)C.Cc1ccc(C)c(C)c1.O=C(O)c1ccccc1.O=C(OC1CCCCC1)c1ccccc1C(=O)OC1CCCCC1.O=C(OCCCOC(=O)c1ccccc1)c1ccccc1.O=POc1ccccc1. The quantitative estimate of drug-likeness (QED) is 0.0503. The number of carbonyl (C=O) groups excluding carboxylic acids is 4. The second-order valence-electron chi connectivity index (χ2n) is 18.7. The van der Waals surface area contributed by atoms with E-state index in [-0.39, 0.29) is 46.0 Å². The summed E-state index contributed by atoms with van der Waals surface area (Å²) in [4.78, 5) is 58.5. The van der Waals surface area contributed by atoms with Crippen LogP contribution in [-0.2, 0) is 23.5 Å². The average molecular weight is 1060 g/mol. The number of aromatic carboxylic acids is 1. The minimum atomic E-state index is -0.879. The Morgan fingerprint density at radius 1 is 0.487 bits per heavy atom. The molecule has 0 amide bonds. The number of carbonyl (C=O) groups is 5. The van der Waals surface area contributed by atoms with Crippen molar-refractivity contribution >= 4 is 38.5 Å². The van der Waals surface area contributed by atoms with Crippen molar-refractivity contribution in [3.63, 3.8) is 0 Å². The fourth-order valence-electron chi connectivity index (χ4n) is 7.34. The number of esters is 4. The van der Waals surface area contributed by atoms with E-state index in [0.29, 0.717) is 40.0 Å². The third kappa shape index (κ3) is 26.7. The Kier molecular flexibility index (Phi) is 30.9. The van der Waals surface area contributed by atoms with Gasteiger partial charge in [-0.25, -0.2) is 28.5 Å². The molecule has 0 heterocycles. The van der Waals surface area contributed by atoms with E-state index in [4.69, 9.17) is 24.1 Å². The summed E-state index contributed by atoms with van der Waals surface area (Å²) >= 11 is 0. The first kappa shape index (κ1) is 62.9. The Morgan fingerprint density at radius 2 is 0.855 bits per heavy atom. The zero-order chi connectivity index (χ0) is 55.3. The highest BCUT2D eigenvalue weighted by molar-refractivity contribution is 7.17. The highest BCUT2D eigenvalue weighted by Gasteiger charge is 2.25. The molecule has 12 nitrogen and oxygen atoms in total. The van der Waals surface area contributed by atoms with Crippen LogP contribution in [0.3, 0.4) is 0 Å². The lowest BCUT2D eigenvalue weighted by atomic mass is 9.97. The molecule has 2 fully saturated rings. The van der Waals surface area contributed by atoms with Crippen LogP contribution in [0.15, 0.2) is 164 Å². The van der Waals surface area contributed by atoms with Crippen LogP contribution in [0.2, 0.25) is 0 Å². The first-order valence-corrected chi connectivity index (χ1v) is 26.7. The van der Waals surface area contributed by atoms with Gasteiger partial charge in [0.25, 0.3) is 0 Å². The van der Waals surface area contributed by atoms with E-state index in [2.05, 4.69) is 64.3 Å². The zero-order valence-electron chi connectivity index (χ0n) is 44.9. The molecule has 0 atom stereocenters. The fourth-order valence-corrected chi connectivity index (χ4v) is 7.54. The third-order valence-electron chi connectivity index (χ3n) is 11.4. The fraction of sp³-hybridized carbons (Fsp3) is 0.349. The summed E-state index contributed by atoms with van der Waals surface area (Å²) in [5.41, 5.74) is 6.11. The molecule has 0 radical (unpaired) electrons. The molecule has 0 aromatic heterocycles. The maximum Gasteiger partial charge on any atom is 0.395 e. The summed E-state index contributed by atoms with van der Waals surface area (Å²) in [6, 6.07) is 48.2. The number of para-hydroxylation sites is 1. The van der Waals surface area contributed by atoms with Gasteiger partial charge in [0.1, 0.15) is 18.0 Å². The number of aryl methyl sites for hydroxylation is 3. The van der Waals surface area contributed by atoms with Gasteiger partial charge in [-0.15, -0.1) is 0 Å². The van der Waals surface area contributed by atoms with E-state index >= 15 is 0 Å². The number of carboxylic acid groups (broad SMARTS) is 1. The van der Waals surface area contributed by atoms with Gasteiger partial charge in [-0.3, -0.25) is 0 Å². The predicted octanol–water partition coefficient (Wildman–Crippen LogP) is 15.7. The largest absolute Gasteiger partial charge is 0.478 e. The first-order chi connectivity index (χ1) is 36.7. The van der Waals surface area contributed by atoms with Crippen LogP contribution in [-0.4, -0.2) is 60.4 Å². The van der Waals surface area contributed by atoms with E-state index in [9.17, 15) is 28.5 Å². The molecular weight excluding hydrogens is 980 g/mol. The average Bonchev–Trinajstić information content (AvgIpc) is 3.44. The van der Waals surface area contributed by atoms with Gasteiger partial charge >= 0.3 is 38.5 Å². The second kappa shape index (κ2) is 37.3. The molecule has 0 bridgehead atoms. The Morgan fingerprint density at radius 3 is 1.20 bits per heavy atom. The number of rotatable bonds is 13. The Hall–Kier alpha value is -7.43.